The van der Waals surface area contributed by atoms with Crippen molar-refractivity contribution < 1.29 is 9.00 Å². The molecule has 1 amide bonds. The number of aromatic nitrogens is 2. The monoisotopic (exact) mass is 550 g/mol. The first-order valence-corrected chi connectivity index (χ1v) is 13.5. The number of hydrogen-bond acceptors (Lipinski definition) is 6. The van der Waals surface area contributed by atoms with Gasteiger partial charge in [-0.3, -0.25) is 14.4 Å². The quantitative estimate of drug-likeness (QED) is 0.378. The molecule has 4 rings (SSSR count). The van der Waals surface area contributed by atoms with Crippen LogP contribution in [-0.4, -0.2) is 49.5 Å². The molecule has 2 heterocycles. The summed E-state index contributed by atoms with van der Waals surface area (Å²) >= 11 is 12.6. The molecule has 0 unspecified atom stereocenters. The van der Waals surface area contributed by atoms with Gasteiger partial charge in [-0.2, -0.15) is 15.6 Å². The maximum Gasteiger partial charge on any atom is 0.287 e. The van der Waals surface area contributed by atoms with Gasteiger partial charge in [0.05, 0.1) is 22.5 Å². The number of nitrogens with zero attached hydrogens (tertiary/aromatic N) is 5. The summed E-state index contributed by atoms with van der Waals surface area (Å²) in [6, 6.07) is 16.2. The predicted octanol–water partition coefficient (Wildman–Crippen LogP) is 4.08. The average molecular weight is 551 g/mol. The molecule has 3 aromatic rings. The van der Waals surface area contributed by atoms with Gasteiger partial charge in [0, 0.05) is 64.4 Å². The Bertz CT molecular complexity index is 1500. The maximum absolute atomic E-state index is 13.2. The highest BCUT2D eigenvalue weighted by Crippen LogP contribution is 2.33. The molecule has 1 fully saturated rings. The number of unbranched alkanes of at least 4 members (excludes halogenated alkanes) is 1. The highest BCUT2D eigenvalue weighted by Gasteiger charge is 2.27. The fourth-order valence-electron chi connectivity index (χ4n) is 3.72. The van der Waals surface area contributed by atoms with Gasteiger partial charge in [0.2, 0.25) is 0 Å². The number of hydrazine groups is 1. The van der Waals surface area contributed by atoms with E-state index < -0.39 is 16.7 Å². The van der Waals surface area contributed by atoms with Crippen molar-refractivity contribution in [2.75, 3.05) is 24.6 Å². The third-order valence-electron chi connectivity index (χ3n) is 5.54. The first-order chi connectivity index (χ1) is 17.9. The van der Waals surface area contributed by atoms with Gasteiger partial charge in [-0.15, -0.1) is 0 Å². The van der Waals surface area contributed by atoms with Crippen LogP contribution < -0.4 is 5.43 Å². The molecule has 2 aromatic carbocycles. The van der Waals surface area contributed by atoms with Crippen LogP contribution in [0.25, 0.3) is 16.9 Å². The van der Waals surface area contributed by atoms with E-state index in [4.69, 9.17) is 28.5 Å². The lowest BCUT2D eigenvalue weighted by molar-refractivity contribution is 0.0797. The fourth-order valence-corrected chi connectivity index (χ4v) is 5.26. The average Bonchev–Trinajstić information content (AvgIpc) is 3.28. The van der Waals surface area contributed by atoms with Gasteiger partial charge in [0.15, 0.2) is 5.69 Å². The summed E-state index contributed by atoms with van der Waals surface area (Å²) in [4.78, 5) is 13.2. The molecule has 1 saturated heterocycles. The summed E-state index contributed by atoms with van der Waals surface area (Å²) in [6.45, 7) is 0.876. The highest BCUT2D eigenvalue weighted by atomic mass is 35.5. The zero-order chi connectivity index (χ0) is 26.4. The summed E-state index contributed by atoms with van der Waals surface area (Å²) in [5.74, 6) is 6.31. The lowest BCUT2D eigenvalue weighted by atomic mass is 10.0. The van der Waals surface area contributed by atoms with E-state index in [9.17, 15) is 14.3 Å². The SMILES string of the molecule is N#CCCC#Cc1ccc(-c2c(C#N)c(C(=O)NN3CCS(=O)CC3)nn2-c2ccc(Cl)cc2Cl)cc1. The normalized spacial score (nSPS) is 13.7. The van der Waals surface area contributed by atoms with Gasteiger partial charge in [-0.25, -0.2) is 9.69 Å². The van der Waals surface area contributed by atoms with Crippen molar-refractivity contribution in [2.45, 2.75) is 12.8 Å². The fraction of sp³-hybridized carbons (Fsp3) is 0.231. The zero-order valence-corrected chi connectivity index (χ0v) is 21.8. The summed E-state index contributed by atoms with van der Waals surface area (Å²) in [5, 5.41) is 25.7. The lowest BCUT2D eigenvalue weighted by Crippen LogP contribution is -2.49. The number of carbonyl (C=O) groups is 1. The molecule has 0 aliphatic carbocycles. The van der Waals surface area contributed by atoms with E-state index in [1.54, 1.807) is 47.5 Å². The van der Waals surface area contributed by atoms with E-state index in [2.05, 4.69) is 34.5 Å². The first kappa shape index (κ1) is 26.4. The topological polar surface area (TPSA) is 115 Å². The van der Waals surface area contributed by atoms with Crippen LogP contribution in [0.2, 0.25) is 10.0 Å². The van der Waals surface area contributed by atoms with Crippen molar-refractivity contribution in [1.29, 1.82) is 10.5 Å². The minimum absolute atomic E-state index is 0.0596. The molecule has 1 aliphatic rings. The molecule has 11 heteroatoms. The molecule has 0 bridgehead atoms. The molecule has 186 valence electrons. The predicted molar refractivity (Wildman–Crippen MR) is 142 cm³/mol. The first-order valence-electron chi connectivity index (χ1n) is 11.3. The van der Waals surface area contributed by atoms with Crippen LogP contribution in [0.1, 0.15) is 34.5 Å². The number of hydrogen-bond donors (Lipinski definition) is 1. The Morgan fingerprint density at radius 3 is 2.46 bits per heavy atom. The van der Waals surface area contributed by atoms with Crippen molar-refractivity contribution in [3.05, 3.63) is 69.3 Å². The number of nitrogens with one attached hydrogen (secondary N) is 1. The van der Waals surface area contributed by atoms with E-state index in [-0.39, 0.29) is 11.3 Å². The number of carbonyl (C=O) groups excluding carboxylic acids is 1. The van der Waals surface area contributed by atoms with Crippen LogP contribution in [0.3, 0.4) is 0 Å². The Kier molecular flexibility index (Phi) is 8.61. The van der Waals surface area contributed by atoms with Gasteiger partial charge in [0.1, 0.15) is 11.6 Å². The Balaban J connectivity index is 1.77. The smallest absolute Gasteiger partial charge is 0.283 e. The van der Waals surface area contributed by atoms with E-state index in [1.807, 2.05) is 0 Å². The molecule has 1 aliphatic heterocycles. The third-order valence-corrected chi connectivity index (χ3v) is 7.35. The number of nitriles is 2. The van der Waals surface area contributed by atoms with Gasteiger partial charge in [-0.1, -0.05) is 47.2 Å². The Hall–Kier alpha value is -3.65. The minimum Gasteiger partial charge on any atom is -0.283 e. The second-order valence-corrected chi connectivity index (χ2v) is 10.5. The van der Waals surface area contributed by atoms with Crippen LogP contribution in [0.4, 0.5) is 0 Å². The van der Waals surface area contributed by atoms with Crippen molar-refractivity contribution >= 4 is 39.9 Å². The highest BCUT2D eigenvalue weighted by molar-refractivity contribution is 7.85. The van der Waals surface area contributed by atoms with E-state index >= 15 is 0 Å². The van der Waals surface area contributed by atoms with Gasteiger partial charge >= 0.3 is 0 Å². The standard InChI is InChI=1S/C26H20Cl2N6O2S/c27-20-9-10-23(22(28)16-20)34-25(19-7-5-18(6-8-19)4-2-1-3-11-29)21(17-30)24(31-34)26(35)32-33-12-14-37(36)15-13-33/h5-10,16H,1,3,12-15H2,(H,32,35). The number of benzene rings is 2. The largest absolute Gasteiger partial charge is 0.287 e. The Labute approximate surface area is 226 Å². The van der Waals surface area contributed by atoms with Crippen LogP contribution in [0, 0.1) is 34.5 Å². The number of amides is 1. The summed E-state index contributed by atoms with van der Waals surface area (Å²) in [7, 11) is -0.900. The Morgan fingerprint density at radius 1 is 1.08 bits per heavy atom. The van der Waals surface area contributed by atoms with Crippen LogP contribution in [0.5, 0.6) is 0 Å². The van der Waals surface area contributed by atoms with Crippen LogP contribution in [0.15, 0.2) is 42.5 Å². The summed E-state index contributed by atoms with van der Waals surface area (Å²) < 4.78 is 13.1. The lowest BCUT2D eigenvalue weighted by Gasteiger charge is -2.26. The maximum atomic E-state index is 13.2. The van der Waals surface area contributed by atoms with Gasteiger partial charge in [-0.05, 0) is 30.3 Å². The molecule has 1 aromatic heterocycles. The van der Waals surface area contributed by atoms with Crippen LogP contribution >= 0.6 is 23.2 Å². The second kappa shape index (κ2) is 12.1. The van der Waals surface area contributed by atoms with Crippen molar-refractivity contribution in [2.24, 2.45) is 0 Å². The number of rotatable bonds is 5. The summed E-state index contributed by atoms with van der Waals surface area (Å²) in [5.41, 5.74) is 5.01. The molecule has 1 N–H and O–H groups in total. The van der Waals surface area contributed by atoms with Crippen LogP contribution in [-0.2, 0) is 10.8 Å². The molecule has 8 nitrogen and oxygen atoms in total. The van der Waals surface area contributed by atoms with E-state index in [0.29, 0.717) is 64.4 Å². The molecular formula is C26H20Cl2N6O2S. The van der Waals surface area contributed by atoms with Gasteiger partial charge in [0.25, 0.3) is 5.91 Å². The van der Waals surface area contributed by atoms with Crippen molar-refractivity contribution in [1.82, 2.24) is 20.2 Å². The molecule has 0 saturated carbocycles. The van der Waals surface area contributed by atoms with Crippen molar-refractivity contribution in [3.63, 3.8) is 0 Å². The summed E-state index contributed by atoms with van der Waals surface area (Å²) in [6.07, 6.45) is 0.835. The minimum atomic E-state index is -0.900. The zero-order valence-electron chi connectivity index (χ0n) is 19.5. The van der Waals surface area contributed by atoms with Crippen molar-refractivity contribution in [3.8, 4) is 40.9 Å². The van der Waals surface area contributed by atoms with Gasteiger partial charge < -0.3 is 0 Å². The Morgan fingerprint density at radius 2 is 1.81 bits per heavy atom. The molecule has 0 spiro atoms. The number of halogens is 2. The van der Waals surface area contributed by atoms with E-state index in [0.717, 1.165) is 5.56 Å². The molecule has 0 atom stereocenters. The second-order valence-electron chi connectivity index (χ2n) is 8.00. The third kappa shape index (κ3) is 6.20. The molecular weight excluding hydrogens is 531 g/mol. The molecule has 37 heavy (non-hydrogen) atoms. The van der Waals surface area contributed by atoms with E-state index in [1.165, 1.54) is 4.68 Å². The molecule has 0 radical (unpaired) electrons.